The molecule has 0 fully saturated rings. The third-order valence-corrected chi connectivity index (χ3v) is 3.80. The Morgan fingerprint density at radius 2 is 2.33 bits per heavy atom. The number of nitrogens with zero attached hydrogens (tertiary/aromatic N) is 1. The highest BCUT2D eigenvalue weighted by Crippen LogP contribution is 2.45. The van der Waals surface area contributed by atoms with Crippen LogP contribution in [0.1, 0.15) is 63.6 Å². The van der Waals surface area contributed by atoms with Crippen LogP contribution in [0.3, 0.4) is 0 Å². The van der Waals surface area contributed by atoms with Gasteiger partial charge in [-0.15, -0.1) is 0 Å². The highest BCUT2D eigenvalue weighted by atomic mass is 16.5. The zero-order chi connectivity index (χ0) is 10.9. The molecule has 1 aliphatic carbocycles. The van der Waals surface area contributed by atoms with Crippen molar-refractivity contribution in [3.8, 4) is 0 Å². The minimum absolute atomic E-state index is 0.384. The fraction of sp³-hybridized carbons (Fsp3) is 0.769. The van der Waals surface area contributed by atoms with Crippen molar-refractivity contribution in [3.63, 3.8) is 0 Å². The number of fused-ring (bicyclic) bond motifs is 1. The minimum Gasteiger partial charge on any atom is -0.364 e. The van der Waals surface area contributed by atoms with E-state index in [0.29, 0.717) is 11.3 Å². The molecule has 0 aliphatic heterocycles. The van der Waals surface area contributed by atoms with Crippen LogP contribution in [0, 0.1) is 5.41 Å². The van der Waals surface area contributed by atoms with Crippen molar-refractivity contribution < 1.29 is 4.52 Å². The van der Waals surface area contributed by atoms with Crippen LogP contribution in [0.25, 0.3) is 0 Å². The Kier molecular flexibility index (Phi) is 2.85. The Balaban J connectivity index is 2.25. The van der Waals surface area contributed by atoms with Gasteiger partial charge in [-0.3, -0.25) is 0 Å². The monoisotopic (exact) mass is 207 g/mol. The molecule has 0 amide bonds. The van der Waals surface area contributed by atoms with E-state index >= 15 is 0 Å². The number of hydrogen-bond donors (Lipinski definition) is 0. The maximum atomic E-state index is 5.12. The fourth-order valence-corrected chi connectivity index (χ4v) is 3.00. The Bertz CT molecular complexity index is 327. The molecule has 0 saturated heterocycles. The molecule has 15 heavy (non-hydrogen) atoms. The van der Waals surface area contributed by atoms with Gasteiger partial charge in [0.1, 0.15) is 6.26 Å². The predicted molar refractivity (Wildman–Crippen MR) is 60.9 cm³/mol. The molecule has 0 bridgehead atoms. The second-order valence-corrected chi connectivity index (χ2v) is 5.40. The van der Waals surface area contributed by atoms with Gasteiger partial charge < -0.3 is 4.52 Å². The second kappa shape index (κ2) is 3.99. The third-order valence-electron chi connectivity index (χ3n) is 3.80. The van der Waals surface area contributed by atoms with E-state index in [1.807, 2.05) is 6.26 Å². The van der Waals surface area contributed by atoms with Crippen molar-refractivity contribution in [3.05, 3.63) is 17.5 Å². The van der Waals surface area contributed by atoms with E-state index in [1.54, 1.807) is 0 Å². The number of aromatic nitrogens is 1. The smallest absolute Gasteiger partial charge is 0.127 e. The molecule has 2 rings (SSSR count). The lowest BCUT2D eigenvalue weighted by molar-refractivity contribution is 0.236. The molecule has 1 aromatic heterocycles. The zero-order valence-corrected chi connectivity index (χ0v) is 10.0. The quantitative estimate of drug-likeness (QED) is 0.750. The molecule has 1 atom stereocenters. The van der Waals surface area contributed by atoms with E-state index in [0.717, 1.165) is 6.42 Å². The summed E-state index contributed by atoms with van der Waals surface area (Å²) in [5.74, 6) is 0.646. The van der Waals surface area contributed by atoms with Crippen LogP contribution in [0.5, 0.6) is 0 Å². The van der Waals surface area contributed by atoms with Crippen LogP contribution in [0.4, 0.5) is 0 Å². The molecule has 1 heterocycles. The van der Waals surface area contributed by atoms with Crippen molar-refractivity contribution >= 4 is 0 Å². The van der Waals surface area contributed by atoms with Crippen molar-refractivity contribution in [1.82, 2.24) is 5.16 Å². The van der Waals surface area contributed by atoms with Crippen molar-refractivity contribution in [1.29, 1.82) is 0 Å². The summed E-state index contributed by atoms with van der Waals surface area (Å²) in [7, 11) is 0. The Morgan fingerprint density at radius 1 is 1.53 bits per heavy atom. The molecule has 2 heteroatoms. The van der Waals surface area contributed by atoms with Crippen LogP contribution >= 0.6 is 0 Å². The lowest BCUT2D eigenvalue weighted by Gasteiger charge is -2.36. The van der Waals surface area contributed by atoms with Gasteiger partial charge in [0.15, 0.2) is 0 Å². The summed E-state index contributed by atoms with van der Waals surface area (Å²) >= 11 is 0. The van der Waals surface area contributed by atoms with Gasteiger partial charge in [-0.1, -0.05) is 32.3 Å². The summed E-state index contributed by atoms with van der Waals surface area (Å²) < 4.78 is 5.12. The molecule has 0 radical (unpaired) electrons. The summed E-state index contributed by atoms with van der Waals surface area (Å²) in [6, 6.07) is 0. The van der Waals surface area contributed by atoms with E-state index in [4.69, 9.17) is 4.52 Å². The van der Waals surface area contributed by atoms with Gasteiger partial charge in [-0.05, 0) is 37.0 Å². The molecule has 0 saturated carbocycles. The normalized spacial score (nSPS) is 21.4. The maximum Gasteiger partial charge on any atom is 0.127 e. The Labute approximate surface area is 92.0 Å². The summed E-state index contributed by atoms with van der Waals surface area (Å²) in [6.45, 7) is 7.02. The van der Waals surface area contributed by atoms with E-state index in [-0.39, 0.29) is 0 Å². The largest absolute Gasteiger partial charge is 0.364 e. The van der Waals surface area contributed by atoms with E-state index < -0.39 is 0 Å². The van der Waals surface area contributed by atoms with Gasteiger partial charge in [0.25, 0.3) is 0 Å². The van der Waals surface area contributed by atoms with Crippen molar-refractivity contribution in [2.24, 2.45) is 5.41 Å². The Hall–Kier alpha value is -0.790. The molecule has 1 aromatic rings. The van der Waals surface area contributed by atoms with Gasteiger partial charge >= 0.3 is 0 Å². The second-order valence-electron chi connectivity index (χ2n) is 5.40. The zero-order valence-electron chi connectivity index (χ0n) is 10.0. The number of aryl methyl sites for hydroxylation is 1. The van der Waals surface area contributed by atoms with E-state index in [2.05, 4.69) is 25.9 Å². The van der Waals surface area contributed by atoms with Crippen LogP contribution in [-0.2, 0) is 6.42 Å². The average Bonchev–Trinajstić information content (AvgIpc) is 2.64. The minimum atomic E-state index is 0.384. The van der Waals surface area contributed by atoms with Gasteiger partial charge in [-0.25, -0.2) is 0 Å². The summed E-state index contributed by atoms with van der Waals surface area (Å²) in [5, 5.41) is 4.11. The predicted octanol–water partition coefficient (Wildman–Crippen LogP) is 3.92. The van der Waals surface area contributed by atoms with Gasteiger partial charge in [0, 0.05) is 5.56 Å². The highest BCUT2D eigenvalue weighted by molar-refractivity contribution is 5.25. The summed E-state index contributed by atoms with van der Waals surface area (Å²) in [5.41, 5.74) is 2.96. The molecule has 1 aliphatic rings. The summed E-state index contributed by atoms with van der Waals surface area (Å²) in [4.78, 5) is 0. The van der Waals surface area contributed by atoms with E-state index in [1.165, 1.54) is 36.9 Å². The molecule has 1 unspecified atom stereocenters. The molecule has 84 valence electrons. The molecular weight excluding hydrogens is 186 g/mol. The molecule has 0 aromatic carbocycles. The molecule has 0 spiro atoms. The topological polar surface area (TPSA) is 26.0 Å². The third kappa shape index (κ3) is 1.95. The average molecular weight is 207 g/mol. The SMILES string of the molecule is CCCC(C)(C)C1CCCc2nocc21. The first-order chi connectivity index (χ1) is 7.15. The first kappa shape index (κ1) is 10.7. The molecule has 2 nitrogen and oxygen atoms in total. The van der Waals surface area contributed by atoms with Gasteiger partial charge in [0.2, 0.25) is 0 Å². The number of hydrogen-bond acceptors (Lipinski definition) is 2. The van der Waals surface area contributed by atoms with Crippen LogP contribution in [0.15, 0.2) is 10.8 Å². The maximum absolute atomic E-state index is 5.12. The lowest BCUT2D eigenvalue weighted by Crippen LogP contribution is -2.25. The molecule has 0 N–H and O–H groups in total. The van der Waals surface area contributed by atoms with Crippen LogP contribution in [0.2, 0.25) is 0 Å². The lowest BCUT2D eigenvalue weighted by atomic mass is 9.68. The molecular formula is C13H21NO. The van der Waals surface area contributed by atoms with Crippen LogP contribution < -0.4 is 0 Å². The van der Waals surface area contributed by atoms with Gasteiger partial charge in [0.05, 0.1) is 5.69 Å². The Morgan fingerprint density at radius 3 is 3.07 bits per heavy atom. The first-order valence-corrected chi connectivity index (χ1v) is 6.08. The highest BCUT2D eigenvalue weighted by Gasteiger charge is 2.34. The van der Waals surface area contributed by atoms with E-state index in [9.17, 15) is 0 Å². The van der Waals surface area contributed by atoms with Crippen LogP contribution in [-0.4, -0.2) is 5.16 Å². The fourth-order valence-electron chi connectivity index (χ4n) is 3.00. The van der Waals surface area contributed by atoms with Gasteiger partial charge in [-0.2, -0.15) is 0 Å². The number of rotatable bonds is 3. The van der Waals surface area contributed by atoms with Crippen molar-refractivity contribution in [2.45, 2.75) is 58.8 Å². The van der Waals surface area contributed by atoms with Crippen molar-refractivity contribution in [2.75, 3.05) is 0 Å². The summed E-state index contributed by atoms with van der Waals surface area (Å²) in [6.07, 6.45) is 8.06. The standard InChI is InChI=1S/C13H21NO/c1-4-8-13(2,3)11-6-5-7-12-10(11)9-15-14-12/h9,11H,4-8H2,1-3H3. The first-order valence-electron chi connectivity index (χ1n) is 6.08.